The Hall–Kier alpha value is -3.23. The summed E-state index contributed by atoms with van der Waals surface area (Å²) in [5.41, 5.74) is -0.369. The largest absolute Gasteiger partial charge is 0.481 e. The second-order valence-electron chi connectivity index (χ2n) is 6.96. The van der Waals surface area contributed by atoms with Crippen molar-refractivity contribution < 1.29 is 19.5 Å². The summed E-state index contributed by atoms with van der Waals surface area (Å²) in [7, 11) is 1.48. The second-order valence-corrected chi connectivity index (χ2v) is 6.96. The lowest BCUT2D eigenvalue weighted by Gasteiger charge is -2.32. The van der Waals surface area contributed by atoms with Crippen LogP contribution in [0.1, 0.15) is 12.8 Å². The fraction of sp³-hybridized carbons (Fsp3) is 0.421. The van der Waals surface area contributed by atoms with Crippen LogP contribution in [0.4, 0.5) is 0 Å². The van der Waals surface area contributed by atoms with Crippen molar-refractivity contribution >= 4 is 28.6 Å². The SMILES string of the molecule is CN(CC(=O)N1CCCC(C(=O)O)C1)C(=O)Cn1ncc2ccccc2c1=O. The number of aromatic nitrogens is 2. The van der Waals surface area contributed by atoms with E-state index in [2.05, 4.69) is 5.10 Å². The van der Waals surface area contributed by atoms with E-state index in [1.54, 1.807) is 24.3 Å². The maximum atomic E-state index is 12.5. The number of carbonyl (C=O) groups is 3. The smallest absolute Gasteiger partial charge is 0.308 e. The number of fused-ring (bicyclic) bond motifs is 1. The van der Waals surface area contributed by atoms with E-state index in [-0.39, 0.29) is 31.1 Å². The van der Waals surface area contributed by atoms with E-state index in [0.29, 0.717) is 30.2 Å². The molecule has 28 heavy (non-hydrogen) atoms. The normalized spacial score (nSPS) is 16.8. The molecule has 2 aromatic rings. The molecular formula is C19H22N4O5. The topological polar surface area (TPSA) is 113 Å². The van der Waals surface area contributed by atoms with E-state index in [1.165, 1.54) is 23.0 Å². The lowest BCUT2D eigenvalue weighted by molar-refractivity contribution is -0.147. The molecule has 1 saturated heterocycles. The number of rotatable bonds is 5. The van der Waals surface area contributed by atoms with E-state index >= 15 is 0 Å². The third kappa shape index (κ3) is 4.19. The van der Waals surface area contributed by atoms with Gasteiger partial charge in [-0.3, -0.25) is 19.2 Å². The standard InChI is InChI=1S/C19H22N4O5/c1-21(11-17(25)22-8-4-6-14(10-22)19(27)28)16(24)12-23-18(26)15-7-3-2-5-13(15)9-20-23/h2-3,5,7,9,14H,4,6,8,10-12H2,1H3,(H,27,28). The summed E-state index contributed by atoms with van der Waals surface area (Å²) in [4.78, 5) is 51.2. The number of carboxylic acid groups (broad SMARTS) is 1. The molecule has 0 spiro atoms. The Morgan fingerprint density at radius 3 is 2.79 bits per heavy atom. The molecule has 0 saturated carbocycles. The minimum Gasteiger partial charge on any atom is -0.481 e. The molecule has 0 bridgehead atoms. The van der Waals surface area contributed by atoms with Gasteiger partial charge in [-0.2, -0.15) is 5.10 Å². The predicted octanol–water partition coefficient (Wildman–Crippen LogP) is 0.178. The third-order valence-corrected chi connectivity index (χ3v) is 4.97. The Morgan fingerprint density at radius 2 is 2.04 bits per heavy atom. The minimum atomic E-state index is -0.913. The average molecular weight is 386 g/mol. The number of aliphatic carboxylic acids is 1. The Balaban J connectivity index is 1.63. The molecule has 1 aromatic carbocycles. The predicted molar refractivity (Wildman–Crippen MR) is 101 cm³/mol. The van der Waals surface area contributed by atoms with Crippen LogP contribution in [0.3, 0.4) is 0 Å². The van der Waals surface area contributed by atoms with Gasteiger partial charge in [0.25, 0.3) is 5.56 Å². The van der Waals surface area contributed by atoms with E-state index in [1.807, 2.05) is 0 Å². The maximum absolute atomic E-state index is 12.5. The van der Waals surface area contributed by atoms with Gasteiger partial charge >= 0.3 is 5.97 Å². The van der Waals surface area contributed by atoms with Crippen LogP contribution in [0.25, 0.3) is 10.8 Å². The molecule has 0 aliphatic carbocycles. The fourth-order valence-electron chi connectivity index (χ4n) is 3.29. The fourth-order valence-corrected chi connectivity index (χ4v) is 3.29. The molecule has 9 nitrogen and oxygen atoms in total. The lowest BCUT2D eigenvalue weighted by atomic mass is 9.98. The van der Waals surface area contributed by atoms with Crippen molar-refractivity contribution in [3.05, 3.63) is 40.8 Å². The molecule has 1 unspecified atom stereocenters. The zero-order chi connectivity index (χ0) is 20.3. The average Bonchev–Trinajstić information content (AvgIpc) is 2.70. The summed E-state index contributed by atoms with van der Waals surface area (Å²) >= 11 is 0. The number of carboxylic acids is 1. The first-order chi connectivity index (χ1) is 13.4. The van der Waals surface area contributed by atoms with Crippen molar-refractivity contribution in [2.45, 2.75) is 19.4 Å². The number of likely N-dealkylation sites (N-methyl/N-ethyl adjacent to an activating group) is 1. The van der Waals surface area contributed by atoms with Gasteiger partial charge in [0, 0.05) is 25.5 Å². The van der Waals surface area contributed by atoms with Crippen molar-refractivity contribution in [3.63, 3.8) is 0 Å². The molecule has 1 aliphatic rings. The van der Waals surface area contributed by atoms with E-state index in [4.69, 9.17) is 5.11 Å². The first kappa shape index (κ1) is 19.5. The van der Waals surface area contributed by atoms with E-state index in [9.17, 15) is 19.2 Å². The molecule has 0 radical (unpaired) electrons. The van der Waals surface area contributed by atoms with Crippen molar-refractivity contribution in [1.29, 1.82) is 0 Å². The van der Waals surface area contributed by atoms with Gasteiger partial charge in [-0.1, -0.05) is 18.2 Å². The zero-order valence-electron chi connectivity index (χ0n) is 15.6. The van der Waals surface area contributed by atoms with Crippen LogP contribution in [0, 0.1) is 5.92 Å². The molecule has 2 heterocycles. The summed E-state index contributed by atoms with van der Waals surface area (Å²) in [5, 5.41) is 14.3. The quantitative estimate of drug-likeness (QED) is 0.784. The summed E-state index contributed by atoms with van der Waals surface area (Å²) < 4.78 is 1.08. The van der Waals surface area contributed by atoms with Crippen molar-refractivity contribution in [1.82, 2.24) is 19.6 Å². The van der Waals surface area contributed by atoms with Crippen molar-refractivity contribution in [2.24, 2.45) is 5.92 Å². The molecule has 3 rings (SSSR count). The molecule has 1 N–H and O–H groups in total. The number of nitrogens with zero attached hydrogens (tertiary/aromatic N) is 4. The first-order valence-electron chi connectivity index (χ1n) is 9.06. The molecular weight excluding hydrogens is 364 g/mol. The van der Waals surface area contributed by atoms with Gasteiger partial charge in [0.2, 0.25) is 11.8 Å². The summed E-state index contributed by atoms with van der Waals surface area (Å²) in [6.45, 7) is 0.191. The Bertz CT molecular complexity index is 970. The third-order valence-electron chi connectivity index (χ3n) is 4.97. The van der Waals surface area contributed by atoms with Crippen LogP contribution < -0.4 is 5.56 Å². The van der Waals surface area contributed by atoms with Crippen molar-refractivity contribution in [2.75, 3.05) is 26.7 Å². The number of carbonyl (C=O) groups excluding carboxylic acids is 2. The lowest BCUT2D eigenvalue weighted by Crippen LogP contribution is -2.47. The highest BCUT2D eigenvalue weighted by Gasteiger charge is 2.29. The van der Waals surface area contributed by atoms with Gasteiger partial charge in [0.15, 0.2) is 0 Å². The van der Waals surface area contributed by atoms with Crippen LogP contribution in [0.15, 0.2) is 35.3 Å². The highest BCUT2D eigenvalue weighted by atomic mass is 16.4. The molecule has 2 amide bonds. The molecule has 1 atom stereocenters. The molecule has 1 aromatic heterocycles. The summed E-state index contributed by atoms with van der Waals surface area (Å²) in [6.07, 6.45) is 2.69. The summed E-state index contributed by atoms with van der Waals surface area (Å²) in [6, 6.07) is 6.98. The van der Waals surface area contributed by atoms with Gasteiger partial charge in [0.1, 0.15) is 6.54 Å². The molecule has 1 fully saturated rings. The Kier molecular flexibility index (Phi) is 5.72. The summed E-state index contributed by atoms with van der Waals surface area (Å²) in [5.74, 6) is -2.21. The van der Waals surface area contributed by atoms with Gasteiger partial charge in [-0.05, 0) is 18.9 Å². The number of benzene rings is 1. The second kappa shape index (κ2) is 8.20. The van der Waals surface area contributed by atoms with Gasteiger partial charge in [-0.15, -0.1) is 0 Å². The molecule has 1 aliphatic heterocycles. The Labute approximate surface area is 161 Å². The first-order valence-corrected chi connectivity index (χ1v) is 9.06. The highest BCUT2D eigenvalue weighted by Crippen LogP contribution is 2.16. The number of piperidine rings is 1. The van der Waals surface area contributed by atoms with Crippen LogP contribution in [0.2, 0.25) is 0 Å². The molecule has 9 heteroatoms. The number of hydrogen-bond donors (Lipinski definition) is 1. The number of likely N-dealkylation sites (tertiary alicyclic amines) is 1. The van der Waals surface area contributed by atoms with Gasteiger partial charge in [-0.25, -0.2) is 4.68 Å². The zero-order valence-corrected chi connectivity index (χ0v) is 15.6. The number of amides is 2. The van der Waals surface area contributed by atoms with Crippen LogP contribution in [-0.2, 0) is 20.9 Å². The van der Waals surface area contributed by atoms with Gasteiger partial charge in [0.05, 0.1) is 24.0 Å². The highest BCUT2D eigenvalue weighted by molar-refractivity contribution is 5.85. The monoisotopic (exact) mass is 386 g/mol. The van der Waals surface area contributed by atoms with Crippen LogP contribution in [-0.4, -0.2) is 69.2 Å². The Morgan fingerprint density at radius 1 is 1.29 bits per heavy atom. The number of hydrogen-bond acceptors (Lipinski definition) is 5. The van der Waals surface area contributed by atoms with Crippen molar-refractivity contribution in [3.8, 4) is 0 Å². The van der Waals surface area contributed by atoms with E-state index in [0.717, 1.165) is 4.68 Å². The molecule has 148 valence electrons. The van der Waals surface area contributed by atoms with Gasteiger partial charge < -0.3 is 14.9 Å². The van der Waals surface area contributed by atoms with E-state index < -0.39 is 17.8 Å². The van der Waals surface area contributed by atoms with Crippen LogP contribution in [0.5, 0.6) is 0 Å². The minimum absolute atomic E-state index is 0.155. The maximum Gasteiger partial charge on any atom is 0.308 e. The van der Waals surface area contributed by atoms with Crippen LogP contribution >= 0.6 is 0 Å².